The molecule has 6 heteroatoms. The van der Waals surface area contributed by atoms with Crippen LogP contribution in [0, 0.1) is 0 Å². The van der Waals surface area contributed by atoms with Gasteiger partial charge >= 0.3 is 0 Å². The first kappa shape index (κ1) is 10.8. The van der Waals surface area contributed by atoms with E-state index in [1.165, 1.54) is 13.8 Å². The maximum absolute atomic E-state index is 12.3. The first-order valence-electron chi connectivity index (χ1n) is 2.74. The number of halogens is 3. The number of hydrogen-bond acceptors (Lipinski definition) is 2. The molecule has 2 nitrogen and oxygen atoms in total. The van der Waals surface area contributed by atoms with E-state index >= 15 is 0 Å². The summed E-state index contributed by atoms with van der Waals surface area (Å²) in [4.78, 5) is 0. The van der Waals surface area contributed by atoms with E-state index in [9.17, 15) is 17.2 Å². The second-order valence-electron chi connectivity index (χ2n) is 2.13. The van der Waals surface area contributed by atoms with Crippen LogP contribution in [0.15, 0.2) is 10.4 Å². The lowest BCUT2D eigenvalue weighted by molar-refractivity contribution is 0.552. The van der Waals surface area contributed by atoms with Crippen LogP contribution in [0.1, 0.15) is 13.8 Å². The van der Waals surface area contributed by atoms with Gasteiger partial charge in [-0.15, -0.1) is 0 Å². The smallest absolute Gasteiger partial charge is 0.221 e. The first-order valence-corrected chi connectivity index (χ1v) is 4.67. The third-order valence-corrected chi connectivity index (χ3v) is 3.22. The zero-order chi connectivity index (χ0) is 9.23. The van der Waals surface area contributed by atoms with E-state index < -0.39 is 25.5 Å². The fourth-order valence-corrected chi connectivity index (χ4v) is 1.27. The van der Waals surface area contributed by atoms with Gasteiger partial charge in [-0.25, -0.2) is 8.42 Å². The molecule has 0 aromatic carbocycles. The van der Waals surface area contributed by atoms with Crippen LogP contribution in [0.5, 0.6) is 0 Å². The molecule has 0 aliphatic carbocycles. The summed E-state index contributed by atoms with van der Waals surface area (Å²) in [5, 5.41) is -4.72. The highest BCUT2D eigenvalue weighted by atomic mass is 35.5. The molecule has 0 N–H and O–H groups in total. The van der Waals surface area contributed by atoms with E-state index in [1.807, 2.05) is 0 Å². The monoisotopic (exact) mass is 204 g/mol. The molecule has 0 saturated carbocycles. The molecule has 0 aromatic rings. The highest BCUT2D eigenvalue weighted by Crippen LogP contribution is 2.21. The Labute approximate surface area is 68.8 Å². The topological polar surface area (TPSA) is 34.1 Å². The van der Waals surface area contributed by atoms with Crippen molar-refractivity contribution >= 4 is 21.4 Å². The molecule has 0 fully saturated rings. The molecule has 0 aliphatic heterocycles. The third kappa shape index (κ3) is 2.41. The first-order chi connectivity index (χ1) is 4.80. The van der Waals surface area contributed by atoms with E-state index in [1.54, 1.807) is 0 Å². The van der Waals surface area contributed by atoms with Gasteiger partial charge < -0.3 is 0 Å². The Kier molecular flexibility index (Phi) is 3.44. The lowest BCUT2D eigenvalue weighted by Crippen LogP contribution is -2.14. The van der Waals surface area contributed by atoms with Crippen molar-refractivity contribution in [2.75, 3.05) is 0 Å². The van der Waals surface area contributed by atoms with Crippen molar-refractivity contribution in [2.45, 2.75) is 19.1 Å². The van der Waals surface area contributed by atoms with Crippen molar-refractivity contribution in [3.05, 3.63) is 10.4 Å². The lowest BCUT2D eigenvalue weighted by Gasteiger charge is -2.02. The third-order valence-electron chi connectivity index (χ3n) is 1.02. The Morgan fingerprint density at radius 2 is 1.73 bits per heavy atom. The van der Waals surface area contributed by atoms with E-state index in [0.29, 0.717) is 0 Å². The largest absolute Gasteiger partial charge is 0.262 e. The molecular weight excluding hydrogens is 198 g/mol. The Balaban J connectivity index is 5.05. The molecule has 0 spiro atoms. The predicted molar refractivity (Wildman–Crippen MR) is 39.2 cm³/mol. The highest BCUT2D eigenvalue weighted by molar-refractivity contribution is 7.95. The Morgan fingerprint density at radius 1 is 1.36 bits per heavy atom. The number of sulfone groups is 1. The summed E-state index contributed by atoms with van der Waals surface area (Å²) in [5.41, 5.74) is 0. The maximum atomic E-state index is 12.3. The molecular formula is C5H7ClF2O2S. The Hall–Kier alpha value is -0.160. The van der Waals surface area contributed by atoms with Crippen LogP contribution in [0.3, 0.4) is 0 Å². The fourth-order valence-electron chi connectivity index (χ4n) is 0.314. The van der Waals surface area contributed by atoms with Crippen LogP contribution in [-0.2, 0) is 9.84 Å². The van der Waals surface area contributed by atoms with E-state index in [0.717, 1.165) is 0 Å². The van der Waals surface area contributed by atoms with E-state index in [2.05, 4.69) is 11.6 Å². The van der Waals surface area contributed by atoms with Crippen molar-refractivity contribution in [1.82, 2.24) is 0 Å². The average molecular weight is 205 g/mol. The molecule has 66 valence electrons. The van der Waals surface area contributed by atoms with Crippen molar-refractivity contribution in [3.63, 3.8) is 0 Å². The lowest BCUT2D eigenvalue weighted by atomic mass is 10.6. The molecule has 0 saturated heterocycles. The number of hydrogen-bond donors (Lipinski definition) is 0. The molecule has 0 bridgehead atoms. The highest BCUT2D eigenvalue weighted by Gasteiger charge is 2.25. The van der Waals surface area contributed by atoms with Gasteiger partial charge in [0.15, 0.2) is 0 Å². The van der Waals surface area contributed by atoms with Crippen molar-refractivity contribution in [2.24, 2.45) is 0 Å². The molecule has 0 unspecified atom stereocenters. The van der Waals surface area contributed by atoms with Gasteiger partial charge in [0.25, 0.3) is 5.16 Å². The quantitative estimate of drug-likeness (QED) is 0.691. The summed E-state index contributed by atoms with van der Waals surface area (Å²) >= 11 is 4.52. The van der Waals surface area contributed by atoms with E-state index in [4.69, 9.17) is 0 Å². The molecule has 0 radical (unpaired) electrons. The summed E-state index contributed by atoms with van der Waals surface area (Å²) in [6, 6.07) is 0. The molecule has 0 aliphatic rings. The van der Waals surface area contributed by atoms with Crippen molar-refractivity contribution < 1.29 is 17.2 Å². The van der Waals surface area contributed by atoms with Gasteiger partial charge in [0.2, 0.25) is 15.1 Å². The normalized spacial score (nSPS) is 15.1. The van der Waals surface area contributed by atoms with Gasteiger partial charge in [-0.2, -0.15) is 8.78 Å². The summed E-state index contributed by atoms with van der Waals surface area (Å²) in [7, 11) is -4.17. The maximum Gasteiger partial charge on any atom is 0.262 e. The van der Waals surface area contributed by atoms with Crippen LogP contribution in [0.25, 0.3) is 0 Å². The summed E-state index contributed by atoms with van der Waals surface area (Å²) in [5.74, 6) is 0. The molecule has 0 amide bonds. The van der Waals surface area contributed by atoms with Crippen LogP contribution >= 0.6 is 11.6 Å². The van der Waals surface area contributed by atoms with Gasteiger partial charge in [0.05, 0.1) is 5.25 Å². The summed E-state index contributed by atoms with van der Waals surface area (Å²) in [6.07, 6.45) is 0. The zero-order valence-electron chi connectivity index (χ0n) is 5.94. The molecule has 0 aromatic heterocycles. The molecule has 0 rings (SSSR count). The second-order valence-corrected chi connectivity index (χ2v) is 4.85. The van der Waals surface area contributed by atoms with Crippen LogP contribution < -0.4 is 0 Å². The van der Waals surface area contributed by atoms with Gasteiger partial charge in [-0.3, -0.25) is 0 Å². The number of rotatable bonds is 2. The zero-order valence-corrected chi connectivity index (χ0v) is 7.51. The van der Waals surface area contributed by atoms with Crippen molar-refractivity contribution in [3.8, 4) is 0 Å². The minimum absolute atomic E-state index is 1.01. The van der Waals surface area contributed by atoms with Crippen LogP contribution in [-0.4, -0.2) is 13.7 Å². The SMILES string of the molecule is CC(C)S(=O)(=O)C(F)=C(F)Cl. The molecule has 0 atom stereocenters. The van der Waals surface area contributed by atoms with Gasteiger partial charge in [-0.1, -0.05) is 0 Å². The van der Waals surface area contributed by atoms with Gasteiger partial charge in [0, 0.05) is 0 Å². The molecule has 0 heterocycles. The Bertz CT molecular complexity index is 264. The van der Waals surface area contributed by atoms with Crippen LogP contribution in [0.4, 0.5) is 8.78 Å². The van der Waals surface area contributed by atoms with Gasteiger partial charge in [0.1, 0.15) is 0 Å². The summed E-state index contributed by atoms with van der Waals surface area (Å²) in [6.45, 7) is 2.46. The fraction of sp³-hybridized carbons (Fsp3) is 0.600. The standard InChI is InChI=1S/C5H7ClF2O2S/c1-3(2)11(9,10)5(8)4(6)7/h3H,1-2H3. The molecule has 11 heavy (non-hydrogen) atoms. The average Bonchev–Trinajstić information content (AvgIpc) is 1.85. The van der Waals surface area contributed by atoms with Crippen LogP contribution in [0.2, 0.25) is 0 Å². The van der Waals surface area contributed by atoms with E-state index in [-0.39, 0.29) is 0 Å². The predicted octanol–water partition coefficient (Wildman–Crippen LogP) is 2.11. The minimum atomic E-state index is -4.17. The Morgan fingerprint density at radius 3 is 1.82 bits per heavy atom. The second kappa shape index (κ2) is 3.49. The van der Waals surface area contributed by atoms with Gasteiger partial charge in [-0.05, 0) is 25.4 Å². The minimum Gasteiger partial charge on any atom is -0.221 e. The summed E-state index contributed by atoms with van der Waals surface area (Å²) < 4.78 is 45.6. The van der Waals surface area contributed by atoms with Crippen molar-refractivity contribution in [1.29, 1.82) is 0 Å².